The molecule has 0 spiro atoms. The summed E-state index contributed by atoms with van der Waals surface area (Å²) < 4.78 is 4.58. The number of benzene rings is 7. The van der Waals surface area contributed by atoms with E-state index < -0.39 is 0 Å². The second-order valence-electron chi connectivity index (χ2n) is 13.8. The molecule has 0 fully saturated rings. The molecule has 0 unspecified atom stereocenters. The van der Waals surface area contributed by atoms with Crippen molar-refractivity contribution in [1.82, 2.24) is 19.1 Å². The molecule has 9 aromatic rings. The lowest BCUT2D eigenvalue weighted by Crippen LogP contribution is -2.08. The average Bonchev–Trinajstić information content (AvgIpc) is 3.78. The number of aliphatic imine (C=N–C) groups is 1. The summed E-state index contributed by atoms with van der Waals surface area (Å²) in [4.78, 5) is 16.0. The monoisotopic (exact) mass is 697 g/mol. The lowest BCUT2D eigenvalue weighted by atomic mass is 9.87. The van der Waals surface area contributed by atoms with Gasteiger partial charge in [0.05, 0.1) is 27.8 Å². The number of fused-ring (bicyclic) bond motifs is 2. The number of imidazole rings is 2. The molecular weight excluding hydrogens is 659 g/mol. The maximum absolute atomic E-state index is 5.38. The van der Waals surface area contributed by atoms with Gasteiger partial charge in [0.15, 0.2) is 0 Å². The van der Waals surface area contributed by atoms with Gasteiger partial charge < -0.3 is 0 Å². The Bertz CT molecular complexity index is 2670. The first-order chi connectivity index (χ1) is 26.6. The lowest BCUT2D eigenvalue weighted by Gasteiger charge is -2.22. The van der Waals surface area contributed by atoms with Gasteiger partial charge in [0.2, 0.25) is 0 Å². The minimum Gasteiger partial charge on any atom is -0.292 e. The minimum absolute atomic E-state index is 0.804. The Hall–Kier alpha value is -6.85. The van der Waals surface area contributed by atoms with Gasteiger partial charge in [-0.15, -0.1) is 0 Å². The second-order valence-corrected chi connectivity index (χ2v) is 13.8. The van der Waals surface area contributed by atoms with E-state index in [2.05, 4.69) is 200 Å². The lowest BCUT2D eigenvalue weighted by molar-refractivity contribution is 1.07. The highest BCUT2D eigenvalue weighted by molar-refractivity contribution is 5.97. The van der Waals surface area contributed by atoms with Crippen molar-refractivity contribution in [3.63, 3.8) is 0 Å². The fraction of sp³-hybridized carbons (Fsp3) is 0.0816. The molecule has 9 rings (SSSR count). The van der Waals surface area contributed by atoms with Crippen molar-refractivity contribution in [3.05, 3.63) is 197 Å². The summed E-state index contributed by atoms with van der Waals surface area (Å²) in [6.07, 6.45) is 2.87. The third kappa shape index (κ3) is 5.80. The molecule has 2 aromatic heterocycles. The van der Waals surface area contributed by atoms with Gasteiger partial charge in [-0.1, -0.05) is 109 Å². The van der Waals surface area contributed by atoms with Gasteiger partial charge in [0.1, 0.15) is 11.6 Å². The summed E-state index contributed by atoms with van der Waals surface area (Å²) >= 11 is 0. The van der Waals surface area contributed by atoms with Crippen LogP contribution in [0.5, 0.6) is 0 Å². The van der Waals surface area contributed by atoms with Crippen LogP contribution in [-0.2, 0) is 6.42 Å². The number of para-hydroxylation sites is 7. The molecule has 0 N–H and O–H groups in total. The maximum atomic E-state index is 5.38. The molecule has 0 saturated carbocycles. The Morgan fingerprint density at radius 2 is 0.926 bits per heavy atom. The molecule has 0 aliphatic heterocycles. The Morgan fingerprint density at radius 3 is 1.46 bits per heavy atom. The first kappa shape index (κ1) is 33.0. The molecule has 0 saturated heterocycles. The first-order valence-electron chi connectivity index (χ1n) is 18.4. The molecule has 7 aromatic carbocycles. The van der Waals surface area contributed by atoms with Crippen LogP contribution in [-0.4, -0.2) is 25.3 Å². The summed E-state index contributed by atoms with van der Waals surface area (Å²) in [7, 11) is 0. The number of hydrogen-bond donors (Lipinski definition) is 0. The van der Waals surface area contributed by atoms with Crippen molar-refractivity contribution < 1.29 is 0 Å². The molecule has 0 amide bonds. The van der Waals surface area contributed by atoms with Crippen LogP contribution in [0.2, 0.25) is 0 Å². The van der Waals surface area contributed by atoms with E-state index in [0.29, 0.717) is 0 Å². The number of nitrogens with zero attached hydrogens (tertiary/aromatic N) is 5. The molecule has 0 atom stereocenters. The van der Waals surface area contributed by atoms with Gasteiger partial charge >= 0.3 is 0 Å². The van der Waals surface area contributed by atoms with E-state index in [1.165, 1.54) is 11.1 Å². The number of hydrogen-bond acceptors (Lipinski definition) is 3. The highest BCUT2D eigenvalue weighted by Crippen LogP contribution is 2.42. The molecule has 0 radical (unpaired) electrons. The summed E-state index contributed by atoms with van der Waals surface area (Å²) in [5, 5.41) is 0. The smallest absolute Gasteiger partial charge is 0.146 e. The highest BCUT2D eigenvalue weighted by atomic mass is 15.1. The van der Waals surface area contributed by atoms with Crippen LogP contribution >= 0.6 is 0 Å². The number of aromatic nitrogens is 4. The topological polar surface area (TPSA) is 48.0 Å². The largest absolute Gasteiger partial charge is 0.292 e. The summed E-state index contributed by atoms with van der Waals surface area (Å²) in [6.45, 7) is 6.65. The van der Waals surface area contributed by atoms with Gasteiger partial charge in [-0.25, -0.2) is 9.97 Å². The van der Waals surface area contributed by atoms with E-state index in [1.54, 1.807) is 0 Å². The molecule has 0 aliphatic carbocycles. The summed E-state index contributed by atoms with van der Waals surface area (Å²) in [5.41, 5.74) is 16.1. The van der Waals surface area contributed by atoms with Crippen molar-refractivity contribution in [1.29, 1.82) is 0 Å². The highest BCUT2D eigenvalue weighted by Gasteiger charge is 2.27. The van der Waals surface area contributed by atoms with E-state index in [-0.39, 0.29) is 0 Å². The second kappa shape index (κ2) is 13.9. The van der Waals surface area contributed by atoms with Gasteiger partial charge in [0, 0.05) is 34.3 Å². The van der Waals surface area contributed by atoms with Crippen LogP contribution in [0.15, 0.2) is 169 Å². The Kier molecular flexibility index (Phi) is 8.52. The predicted molar refractivity (Wildman–Crippen MR) is 224 cm³/mol. The van der Waals surface area contributed by atoms with Crippen molar-refractivity contribution in [2.75, 3.05) is 0 Å². The van der Waals surface area contributed by atoms with E-state index in [0.717, 1.165) is 90.6 Å². The first-order valence-corrected chi connectivity index (χ1v) is 18.4. The zero-order chi connectivity index (χ0) is 36.6. The molecule has 2 heterocycles. The summed E-state index contributed by atoms with van der Waals surface area (Å²) in [6, 6.07) is 56.9. The fourth-order valence-corrected chi connectivity index (χ4v) is 7.90. The molecule has 0 aliphatic rings. The SMILES string of the molecule is Cc1c(/C=N/c2ccccc2Cc2ccccc2)c(C)c(-c2nc3ccccc3n2-c2ccccc2)c(C)c1-c1nc2ccccc2n1-c1ccccc1. The third-order valence-corrected chi connectivity index (χ3v) is 10.5. The third-order valence-electron chi connectivity index (χ3n) is 10.5. The number of rotatable bonds is 8. The van der Waals surface area contributed by atoms with E-state index in [9.17, 15) is 0 Å². The van der Waals surface area contributed by atoms with Crippen LogP contribution in [0.3, 0.4) is 0 Å². The van der Waals surface area contributed by atoms with Crippen molar-refractivity contribution in [3.8, 4) is 34.2 Å². The molecular formula is C49H39N5. The van der Waals surface area contributed by atoms with Crippen LogP contribution < -0.4 is 0 Å². The Morgan fingerprint density at radius 1 is 0.481 bits per heavy atom. The van der Waals surface area contributed by atoms with Gasteiger partial charge in [-0.3, -0.25) is 14.1 Å². The van der Waals surface area contributed by atoms with Crippen molar-refractivity contribution >= 4 is 34.0 Å². The van der Waals surface area contributed by atoms with Crippen LogP contribution in [0.4, 0.5) is 5.69 Å². The zero-order valence-corrected chi connectivity index (χ0v) is 30.6. The zero-order valence-electron chi connectivity index (χ0n) is 30.6. The Labute approximate surface area is 315 Å². The van der Waals surface area contributed by atoms with Crippen LogP contribution in [0.25, 0.3) is 56.2 Å². The standard InChI is InChI=1S/C49H39N5/c1-33-40(32-50-41-26-14-13-21-37(41)31-36-19-7-4-8-20-36)34(2)47(49-52-43-28-16-18-30-45(43)54(49)39-24-11-6-12-25-39)35(3)46(33)48-51-42-27-15-17-29-44(42)53(48)38-22-9-5-10-23-38/h4-30,32H,31H2,1-3H3/b50-32+. The Balaban J connectivity index is 1.34. The van der Waals surface area contributed by atoms with E-state index in [4.69, 9.17) is 15.0 Å². The molecule has 5 nitrogen and oxygen atoms in total. The quantitative estimate of drug-likeness (QED) is 0.148. The van der Waals surface area contributed by atoms with Gasteiger partial charge in [-0.2, -0.15) is 0 Å². The normalized spacial score (nSPS) is 11.6. The predicted octanol–water partition coefficient (Wildman–Crippen LogP) is 12.0. The van der Waals surface area contributed by atoms with Gasteiger partial charge in [-0.05, 0) is 110 Å². The van der Waals surface area contributed by atoms with Crippen LogP contribution in [0, 0.1) is 20.8 Å². The molecule has 0 bridgehead atoms. The van der Waals surface area contributed by atoms with E-state index >= 15 is 0 Å². The van der Waals surface area contributed by atoms with Crippen molar-refractivity contribution in [2.24, 2.45) is 4.99 Å². The minimum atomic E-state index is 0.804. The molecule has 54 heavy (non-hydrogen) atoms. The average molecular weight is 698 g/mol. The molecule has 5 heteroatoms. The molecule has 260 valence electrons. The van der Waals surface area contributed by atoms with Gasteiger partial charge in [0.25, 0.3) is 0 Å². The fourth-order valence-electron chi connectivity index (χ4n) is 7.90. The van der Waals surface area contributed by atoms with E-state index in [1.807, 2.05) is 0 Å². The maximum Gasteiger partial charge on any atom is 0.146 e. The van der Waals surface area contributed by atoms with Crippen LogP contribution in [0.1, 0.15) is 33.4 Å². The van der Waals surface area contributed by atoms with Crippen molar-refractivity contribution in [2.45, 2.75) is 27.2 Å². The summed E-state index contributed by atoms with van der Waals surface area (Å²) in [5.74, 6) is 1.78.